The molecule has 1 aliphatic carbocycles. The van der Waals surface area contributed by atoms with Gasteiger partial charge in [0.05, 0.1) is 31.7 Å². The van der Waals surface area contributed by atoms with E-state index >= 15 is 0 Å². The molecule has 1 saturated carbocycles. The molecular formula is C17H26O10. The molecule has 0 spiro atoms. The Hall–Kier alpha value is -1.27. The third kappa shape index (κ3) is 3.58. The maximum atomic E-state index is 12.0. The molecule has 0 aromatic carbocycles. The van der Waals surface area contributed by atoms with Crippen LogP contribution in [0.3, 0.4) is 0 Å². The summed E-state index contributed by atoms with van der Waals surface area (Å²) in [6.45, 7) is 1.21. The Bertz CT molecular complexity index is 578. The molecule has 0 amide bonds. The van der Waals surface area contributed by atoms with E-state index in [2.05, 4.69) is 0 Å². The number of esters is 1. The molecule has 154 valence electrons. The summed E-state index contributed by atoms with van der Waals surface area (Å²) in [7, 11) is 1.25. The molecule has 3 aliphatic rings. The average molecular weight is 390 g/mol. The second kappa shape index (κ2) is 8.00. The first-order chi connectivity index (χ1) is 12.8. The minimum atomic E-state index is -1.58. The molecule has 3 rings (SSSR count). The highest BCUT2D eigenvalue weighted by molar-refractivity contribution is 5.89. The number of ether oxygens (including phenoxy) is 4. The van der Waals surface area contributed by atoms with Crippen molar-refractivity contribution in [2.75, 3.05) is 13.7 Å². The van der Waals surface area contributed by atoms with E-state index in [4.69, 9.17) is 18.9 Å². The molecule has 1 saturated heterocycles. The fourth-order valence-corrected chi connectivity index (χ4v) is 4.10. The molecule has 0 unspecified atom stereocenters. The number of aliphatic hydroxyl groups is 5. The molecule has 0 radical (unpaired) electrons. The molecule has 0 bridgehead atoms. The van der Waals surface area contributed by atoms with Gasteiger partial charge in [0.15, 0.2) is 6.29 Å². The van der Waals surface area contributed by atoms with Crippen LogP contribution >= 0.6 is 0 Å². The predicted octanol–water partition coefficient (Wildman–Crippen LogP) is -2.15. The van der Waals surface area contributed by atoms with Gasteiger partial charge in [-0.1, -0.05) is 6.92 Å². The molecule has 10 nitrogen and oxygen atoms in total. The summed E-state index contributed by atoms with van der Waals surface area (Å²) in [6.07, 6.45) is -7.25. The number of carbonyl (C=O) groups excluding carboxylic acids is 1. The first kappa shape index (κ1) is 20.5. The summed E-state index contributed by atoms with van der Waals surface area (Å²) in [5.41, 5.74) is 0.291. The lowest BCUT2D eigenvalue weighted by Gasteiger charge is -2.43. The second-order valence-corrected chi connectivity index (χ2v) is 7.25. The lowest BCUT2D eigenvalue weighted by Crippen LogP contribution is -2.60. The van der Waals surface area contributed by atoms with Crippen molar-refractivity contribution in [1.29, 1.82) is 0 Å². The van der Waals surface area contributed by atoms with Crippen molar-refractivity contribution in [3.8, 4) is 0 Å². The number of fused-ring (bicyclic) bond motifs is 1. The van der Waals surface area contributed by atoms with Gasteiger partial charge in [-0.05, 0) is 12.3 Å². The van der Waals surface area contributed by atoms with Crippen molar-refractivity contribution in [3.63, 3.8) is 0 Å². The lowest BCUT2D eigenvalue weighted by atomic mass is 9.83. The number of aliphatic hydroxyl groups excluding tert-OH is 5. The first-order valence-corrected chi connectivity index (χ1v) is 8.88. The summed E-state index contributed by atoms with van der Waals surface area (Å²) in [4.78, 5) is 12.0. The third-order valence-electron chi connectivity index (χ3n) is 5.75. The lowest BCUT2D eigenvalue weighted by molar-refractivity contribution is -0.342. The van der Waals surface area contributed by atoms with E-state index in [1.54, 1.807) is 6.92 Å². The Balaban J connectivity index is 1.80. The number of rotatable bonds is 4. The number of hydrogen-bond acceptors (Lipinski definition) is 10. The summed E-state index contributed by atoms with van der Waals surface area (Å²) < 4.78 is 21.4. The van der Waals surface area contributed by atoms with Crippen LogP contribution in [0.25, 0.3) is 0 Å². The summed E-state index contributed by atoms with van der Waals surface area (Å²) in [5.74, 6) is -1.63. The summed E-state index contributed by atoms with van der Waals surface area (Å²) in [6, 6.07) is 0. The van der Waals surface area contributed by atoms with Crippen LogP contribution in [-0.2, 0) is 23.7 Å². The van der Waals surface area contributed by atoms with Gasteiger partial charge in [0.1, 0.15) is 24.4 Å². The van der Waals surface area contributed by atoms with Gasteiger partial charge in [-0.3, -0.25) is 0 Å². The van der Waals surface area contributed by atoms with Crippen LogP contribution in [0.4, 0.5) is 0 Å². The Labute approximate surface area is 155 Å². The maximum Gasteiger partial charge on any atom is 0.337 e. The van der Waals surface area contributed by atoms with Gasteiger partial charge in [0.2, 0.25) is 6.29 Å². The Morgan fingerprint density at radius 3 is 2.52 bits per heavy atom. The fourth-order valence-electron chi connectivity index (χ4n) is 4.10. The maximum absolute atomic E-state index is 12.0. The van der Waals surface area contributed by atoms with Gasteiger partial charge < -0.3 is 44.5 Å². The van der Waals surface area contributed by atoms with E-state index in [1.807, 2.05) is 0 Å². The molecule has 0 aromatic heterocycles. The van der Waals surface area contributed by atoms with Crippen LogP contribution in [0.5, 0.6) is 0 Å². The monoisotopic (exact) mass is 390 g/mol. The molecule has 0 aromatic rings. The van der Waals surface area contributed by atoms with Gasteiger partial charge in [-0.2, -0.15) is 0 Å². The van der Waals surface area contributed by atoms with Crippen molar-refractivity contribution in [2.45, 2.75) is 56.4 Å². The van der Waals surface area contributed by atoms with Crippen LogP contribution in [0.2, 0.25) is 0 Å². The molecule has 10 atom stereocenters. The Kier molecular flexibility index (Phi) is 6.06. The van der Waals surface area contributed by atoms with Crippen LogP contribution < -0.4 is 0 Å². The smallest absolute Gasteiger partial charge is 0.337 e. The molecule has 2 heterocycles. The van der Waals surface area contributed by atoms with Crippen molar-refractivity contribution in [3.05, 3.63) is 11.8 Å². The minimum Gasteiger partial charge on any atom is -0.472 e. The van der Waals surface area contributed by atoms with Crippen LogP contribution in [0, 0.1) is 17.8 Å². The second-order valence-electron chi connectivity index (χ2n) is 7.25. The highest BCUT2D eigenvalue weighted by atomic mass is 16.8. The van der Waals surface area contributed by atoms with Gasteiger partial charge in [-0.25, -0.2) is 4.79 Å². The zero-order chi connectivity index (χ0) is 19.9. The molecule has 2 aliphatic heterocycles. The molecular weight excluding hydrogens is 364 g/mol. The molecule has 27 heavy (non-hydrogen) atoms. The average Bonchev–Trinajstić information content (AvgIpc) is 2.96. The highest BCUT2D eigenvalue weighted by Gasteiger charge is 2.53. The SMILES string of the molecule is COC(=O)C1=CO[C@@H](O[C@@H]2O[C@H](CO)[C@H](O)[C@H](O)[C@H]2O)[C@@H]2[C@@H](C)[C@@H](O)C[C@H]12. The van der Waals surface area contributed by atoms with Crippen molar-refractivity contribution in [2.24, 2.45) is 17.8 Å². The van der Waals surface area contributed by atoms with Gasteiger partial charge in [-0.15, -0.1) is 0 Å². The van der Waals surface area contributed by atoms with E-state index in [0.29, 0.717) is 12.0 Å². The standard InChI is InChI=1S/C17H26O10/c1-6-9(19)3-7-8(15(23)24-2)5-25-16(11(6)7)27-17-14(22)13(21)12(20)10(4-18)26-17/h5-7,9-14,16-22H,3-4H2,1-2H3/t6-,7+,9-,10+,11+,12-,13-,14+,16-,17-/m0/s1. The van der Waals surface area contributed by atoms with E-state index in [-0.39, 0.29) is 11.8 Å². The van der Waals surface area contributed by atoms with E-state index in [0.717, 1.165) is 0 Å². The topological polar surface area (TPSA) is 155 Å². The van der Waals surface area contributed by atoms with Crippen molar-refractivity contribution >= 4 is 5.97 Å². The van der Waals surface area contributed by atoms with Crippen LogP contribution in [0.15, 0.2) is 11.8 Å². The largest absolute Gasteiger partial charge is 0.472 e. The van der Waals surface area contributed by atoms with Gasteiger partial charge in [0.25, 0.3) is 0 Å². The quantitative estimate of drug-likeness (QED) is 0.336. The fraction of sp³-hybridized carbons (Fsp3) is 0.824. The first-order valence-electron chi connectivity index (χ1n) is 8.88. The highest BCUT2D eigenvalue weighted by Crippen LogP contribution is 2.47. The van der Waals surface area contributed by atoms with Crippen molar-refractivity contribution in [1.82, 2.24) is 0 Å². The van der Waals surface area contributed by atoms with E-state index < -0.39 is 61.6 Å². The molecule has 10 heteroatoms. The van der Waals surface area contributed by atoms with Crippen molar-refractivity contribution < 1.29 is 49.3 Å². The van der Waals surface area contributed by atoms with Crippen LogP contribution in [-0.4, -0.2) is 88.3 Å². The predicted molar refractivity (Wildman–Crippen MR) is 86.6 cm³/mol. The third-order valence-corrected chi connectivity index (χ3v) is 5.75. The molecule has 5 N–H and O–H groups in total. The normalized spacial score (nSPS) is 47.0. The molecule has 2 fully saturated rings. The zero-order valence-corrected chi connectivity index (χ0v) is 15.0. The van der Waals surface area contributed by atoms with E-state index in [9.17, 15) is 30.3 Å². The minimum absolute atomic E-state index is 0.279. The Morgan fingerprint density at radius 1 is 1.19 bits per heavy atom. The van der Waals surface area contributed by atoms with Crippen LogP contribution in [0.1, 0.15) is 13.3 Å². The van der Waals surface area contributed by atoms with Gasteiger partial charge >= 0.3 is 5.97 Å². The Morgan fingerprint density at radius 2 is 1.89 bits per heavy atom. The van der Waals surface area contributed by atoms with Gasteiger partial charge in [0, 0.05) is 11.8 Å². The zero-order valence-electron chi connectivity index (χ0n) is 15.0. The van der Waals surface area contributed by atoms with E-state index in [1.165, 1.54) is 13.4 Å². The number of carbonyl (C=O) groups is 1. The summed E-state index contributed by atoms with van der Waals surface area (Å²) in [5, 5.41) is 49.4. The summed E-state index contributed by atoms with van der Waals surface area (Å²) >= 11 is 0. The number of hydrogen-bond donors (Lipinski definition) is 5. The number of methoxy groups -OCH3 is 1.